The molecule has 0 aliphatic heterocycles. The van der Waals surface area contributed by atoms with Crippen molar-refractivity contribution in [3.05, 3.63) is 36.8 Å². The van der Waals surface area contributed by atoms with Crippen LogP contribution in [-0.4, -0.2) is 41.2 Å². The lowest BCUT2D eigenvalue weighted by Gasteiger charge is -2.20. The Labute approximate surface area is 128 Å². The zero-order valence-corrected chi connectivity index (χ0v) is 13.0. The molecule has 3 rings (SSSR count). The molecule has 2 heterocycles. The van der Waals surface area contributed by atoms with Crippen LogP contribution in [0, 0.1) is 0 Å². The van der Waals surface area contributed by atoms with E-state index in [4.69, 9.17) is 0 Å². The second-order valence-electron chi connectivity index (χ2n) is 4.82. The average molecular weight is 317 g/mol. The summed E-state index contributed by atoms with van der Waals surface area (Å²) < 4.78 is 25.0. The second-order valence-corrected chi connectivity index (χ2v) is 6.73. The zero-order chi connectivity index (χ0) is 15.7. The summed E-state index contributed by atoms with van der Waals surface area (Å²) in [5, 5.41) is 0. The van der Waals surface area contributed by atoms with Gasteiger partial charge in [0.25, 0.3) is 0 Å². The SMILES string of the molecule is CCN(c1cccc(-c2nc3ncncc3[nH]2)c1)S(C)(=O)=O. The number of hydrogen-bond donors (Lipinski definition) is 1. The van der Waals surface area contributed by atoms with E-state index in [0.29, 0.717) is 23.7 Å². The lowest BCUT2D eigenvalue weighted by atomic mass is 10.2. The standard InChI is InChI=1S/C14H15N5O2S/c1-3-19(22(2,20)21)11-6-4-5-10(7-11)13-17-12-8-15-9-16-14(12)18-13/h4-9H,3H2,1-2H3,(H,15,16,17,18). The third-order valence-corrected chi connectivity index (χ3v) is 4.53. The largest absolute Gasteiger partial charge is 0.335 e. The van der Waals surface area contributed by atoms with Gasteiger partial charge in [0.2, 0.25) is 10.0 Å². The van der Waals surface area contributed by atoms with Crippen LogP contribution < -0.4 is 4.31 Å². The van der Waals surface area contributed by atoms with Crippen LogP contribution >= 0.6 is 0 Å². The molecule has 22 heavy (non-hydrogen) atoms. The molecule has 2 aromatic heterocycles. The summed E-state index contributed by atoms with van der Waals surface area (Å²) in [6, 6.07) is 7.22. The van der Waals surface area contributed by atoms with Crippen LogP contribution in [0.15, 0.2) is 36.8 Å². The van der Waals surface area contributed by atoms with Crippen molar-refractivity contribution in [1.29, 1.82) is 0 Å². The molecular formula is C14H15N5O2S. The highest BCUT2D eigenvalue weighted by atomic mass is 32.2. The Morgan fingerprint density at radius 1 is 1.32 bits per heavy atom. The Kier molecular flexibility index (Phi) is 3.53. The average Bonchev–Trinajstić information content (AvgIpc) is 2.91. The first-order valence-electron chi connectivity index (χ1n) is 6.73. The van der Waals surface area contributed by atoms with Crippen LogP contribution in [-0.2, 0) is 10.0 Å². The molecule has 0 bridgehead atoms. The van der Waals surface area contributed by atoms with Gasteiger partial charge in [-0.15, -0.1) is 0 Å². The van der Waals surface area contributed by atoms with Crippen LogP contribution in [0.1, 0.15) is 6.92 Å². The fourth-order valence-corrected chi connectivity index (χ4v) is 3.28. The number of anilines is 1. The van der Waals surface area contributed by atoms with Gasteiger partial charge in [-0.2, -0.15) is 0 Å². The van der Waals surface area contributed by atoms with Gasteiger partial charge < -0.3 is 4.98 Å². The number of aromatic nitrogens is 4. The molecule has 0 spiro atoms. The number of aromatic amines is 1. The highest BCUT2D eigenvalue weighted by Crippen LogP contribution is 2.25. The number of nitrogens with one attached hydrogen (secondary N) is 1. The molecule has 3 aromatic rings. The van der Waals surface area contributed by atoms with Crippen molar-refractivity contribution in [1.82, 2.24) is 19.9 Å². The minimum absolute atomic E-state index is 0.369. The summed E-state index contributed by atoms with van der Waals surface area (Å²) in [6.07, 6.45) is 4.28. The smallest absolute Gasteiger partial charge is 0.232 e. The van der Waals surface area contributed by atoms with Crippen molar-refractivity contribution in [2.24, 2.45) is 0 Å². The van der Waals surface area contributed by atoms with Gasteiger partial charge >= 0.3 is 0 Å². The van der Waals surface area contributed by atoms with Crippen molar-refractivity contribution in [3.63, 3.8) is 0 Å². The Morgan fingerprint density at radius 2 is 2.14 bits per heavy atom. The van der Waals surface area contributed by atoms with Crippen molar-refractivity contribution >= 4 is 26.9 Å². The molecule has 114 valence electrons. The predicted molar refractivity (Wildman–Crippen MR) is 85.0 cm³/mol. The molecule has 0 amide bonds. The number of imidazole rings is 1. The highest BCUT2D eigenvalue weighted by Gasteiger charge is 2.16. The second kappa shape index (κ2) is 5.38. The van der Waals surface area contributed by atoms with E-state index in [0.717, 1.165) is 11.1 Å². The van der Waals surface area contributed by atoms with E-state index in [1.807, 2.05) is 6.07 Å². The summed E-state index contributed by atoms with van der Waals surface area (Å²) >= 11 is 0. The lowest BCUT2D eigenvalue weighted by molar-refractivity contribution is 0.598. The summed E-state index contributed by atoms with van der Waals surface area (Å²) in [5.41, 5.74) is 2.70. The number of H-pyrrole nitrogens is 1. The van der Waals surface area contributed by atoms with E-state index in [1.54, 1.807) is 31.3 Å². The van der Waals surface area contributed by atoms with E-state index in [1.165, 1.54) is 16.9 Å². The molecule has 0 unspecified atom stereocenters. The van der Waals surface area contributed by atoms with Crippen LogP contribution in [0.3, 0.4) is 0 Å². The molecule has 0 saturated heterocycles. The van der Waals surface area contributed by atoms with Crippen LogP contribution in [0.2, 0.25) is 0 Å². The number of hydrogen-bond acceptors (Lipinski definition) is 5. The fraction of sp³-hybridized carbons (Fsp3) is 0.214. The van der Waals surface area contributed by atoms with Gasteiger partial charge in [-0.25, -0.2) is 23.4 Å². The Balaban J connectivity index is 2.07. The van der Waals surface area contributed by atoms with E-state index in [2.05, 4.69) is 19.9 Å². The number of benzene rings is 1. The fourth-order valence-electron chi connectivity index (χ4n) is 2.32. The number of fused-ring (bicyclic) bond motifs is 1. The maximum Gasteiger partial charge on any atom is 0.232 e. The van der Waals surface area contributed by atoms with Crippen LogP contribution in [0.5, 0.6) is 0 Å². The van der Waals surface area contributed by atoms with Crippen LogP contribution in [0.4, 0.5) is 5.69 Å². The molecule has 1 N–H and O–H groups in total. The van der Waals surface area contributed by atoms with Gasteiger partial charge in [0.05, 0.1) is 18.1 Å². The molecule has 8 heteroatoms. The third-order valence-electron chi connectivity index (χ3n) is 3.26. The molecule has 0 radical (unpaired) electrons. The summed E-state index contributed by atoms with van der Waals surface area (Å²) in [5.74, 6) is 0.627. The predicted octanol–water partition coefficient (Wildman–Crippen LogP) is 1.81. The van der Waals surface area contributed by atoms with Gasteiger partial charge in [-0.1, -0.05) is 12.1 Å². The molecule has 0 atom stereocenters. The van der Waals surface area contributed by atoms with Crippen molar-refractivity contribution in [2.75, 3.05) is 17.1 Å². The van der Waals surface area contributed by atoms with Gasteiger partial charge in [0.1, 0.15) is 17.7 Å². The van der Waals surface area contributed by atoms with Gasteiger partial charge in [-0.05, 0) is 19.1 Å². The monoisotopic (exact) mass is 317 g/mol. The van der Waals surface area contributed by atoms with E-state index in [9.17, 15) is 8.42 Å². The summed E-state index contributed by atoms with van der Waals surface area (Å²) in [6.45, 7) is 2.17. The Morgan fingerprint density at radius 3 is 2.82 bits per heavy atom. The first-order chi connectivity index (χ1) is 10.5. The van der Waals surface area contributed by atoms with E-state index >= 15 is 0 Å². The van der Waals surface area contributed by atoms with Gasteiger partial charge in [0.15, 0.2) is 5.65 Å². The van der Waals surface area contributed by atoms with E-state index < -0.39 is 10.0 Å². The summed E-state index contributed by atoms with van der Waals surface area (Å²) in [7, 11) is -3.31. The van der Waals surface area contributed by atoms with E-state index in [-0.39, 0.29) is 0 Å². The van der Waals surface area contributed by atoms with Crippen molar-refractivity contribution < 1.29 is 8.42 Å². The van der Waals surface area contributed by atoms with Gasteiger partial charge in [0, 0.05) is 12.1 Å². The number of nitrogens with zero attached hydrogens (tertiary/aromatic N) is 4. The Hall–Kier alpha value is -2.48. The number of sulfonamides is 1. The quantitative estimate of drug-likeness (QED) is 0.792. The molecule has 0 fully saturated rings. The lowest BCUT2D eigenvalue weighted by Crippen LogP contribution is -2.29. The maximum absolute atomic E-state index is 11.8. The third kappa shape index (κ3) is 2.64. The topological polar surface area (TPSA) is 91.8 Å². The van der Waals surface area contributed by atoms with Gasteiger partial charge in [-0.3, -0.25) is 4.31 Å². The molecule has 7 nitrogen and oxygen atoms in total. The minimum atomic E-state index is -3.31. The highest BCUT2D eigenvalue weighted by molar-refractivity contribution is 7.92. The minimum Gasteiger partial charge on any atom is -0.335 e. The van der Waals surface area contributed by atoms with Crippen LogP contribution in [0.25, 0.3) is 22.6 Å². The van der Waals surface area contributed by atoms with Crippen molar-refractivity contribution in [3.8, 4) is 11.4 Å². The zero-order valence-electron chi connectivity index (χ0n) is 12.2. The first-order valence-corrected chi connectivity index (χ1v) is 8.57. The molecular weight excluding hydrogens is 302 g/mol. The molecule has 0 aliphatic rings. The first kappa shape index (κ1) is 14.5. The van der Waals surface area contributed by atoms with Crippen molar-refractivity contribution in [2.45, 2.75) is 6.92 Å². The maximum atomic E-state index is 11.8. The summed E-state index contributed by atoms with van der Waals surface area (Å²) in [4.78, 5) is 15.5. The number of rotatable bonds is 4. The normalized spacial score (nSPS) is 11.7. The molecule has 0 aliphatic carbocycles. The molecule has 1 aromatic carbocycles. The Bertz CT molecular complexity index is 887. The molecule has 0 saturated carbocycles.